The first-order chi connectivity index (χ1) is 20.1. The number of carbonyl (C=O) groups is 2. The Morgan fingerprint density at radius 1 is 1.07 bits per heavy atom. The van der Waals surface area contributed by atoms with Crippen LogP contribution < -0.4 is 5.32 Å². The van der Waals surface area contributed by atoms with Crippen LogP contribution in [0.3, 0.4) is 0 Å². The summed E-state index contributed by atoms with van der Waals surface area (Å²) in [6, 6.07) is 15.5. The van der Waals surface area contributed by atoms with Gasteiger partial charge in [-0.3, -0.25) is 14.7 Å². The first kappa shape index (κ1) is 27.8. The van der Waals surface area contributed by atoms with E-state index in [2.05, 4.69) is 28.3 Å². The van der Waals surface area contributed by atoms with Gasteiger partial charge < -0.3 is 10.1 Å². The normalized spacial score (nSPS) is 12.8. The average molecular weight is 598 g/mol. The van der Waals surface area contributed by atoms with Crippen molar-refractivity contribution in [1.82, 2.24) is 19.9 Å². The maximum atomic E-state index is 12.5. The number of aromatic nitrogens is 3. The fourth-order valence-electron chi connectivity index (χ4n) is 4.97. The molecular formula is C32H28ClN5O3S. The van der Waals surface area contributed by atoms with E-state index in [1.54, 1.807) is 28.5 Å². The van der Waals surface area contributed by atoms with E-state index in [0.29, 0.717) is 40.7 Å². The Labute approximate surface area is 252 Å². The Morgan fingerprint density at radius 2 is 1.83 bits per heavy atom. The van der Waals surface area contributed by atoms with Crippen molar-refractivity contribution < 1.29 is 14.3 Å². The third-order valence-electron chi connectivity index (χ3n) is 6.97. The van der Waals surface area contributed by atoms with Gasteiger partial charge in [0.05, 0.1) is 29.5 Å². The van der Waals surface area contributed by atoms with Gasteiger partial charge in [-0.05, 0) is 57.0 Å². The van der Waals surface area contributed by atoms with E-state index in [-0.39, 0.29) is 6.09 Å². The molecule has 6 rings (SSSR count). The summed E-state index contributed by atoms with van der Waals surface area (Å²) < 4.78 is 5.54. The van der Waals surface area contributed by atoms with Crippen LogP contribution in [0.2, 0.25) is 5.02 Å². The number of rotatable bonds is 5. The Hall–Kier alpha value is -4.34. The molecule has 2 aromatic carbocycles. The number of ether oxygens (including phenoxy) is 1. The van der Waals surface area contributed by atoms with Gasteiger partial charge in [0.15, 0.2) is 12.1 Å². The molecule has 0 atom stereocenters. The highest BCUT2D eigenvalue weighted by atomic mass is 35.5. The number of hydrogen-bond donors (Lipinski definition) is 1. The third-order valence-corrected chi connectivity index (χ3v) is 8.49. The highest BCUT2D eigenvalue weighted by Gasteiger charge is 2.31. The van der Waals surface area contributed by atoms with E-state index < -0.39 is 5.60 Å². The van der Waals surface area contributed by atoms with Crippen molar-refractivity contribution in [2.75, 3.05) is 5.32 Å². The lowest BCUT2D eigenvalue weighted by molar-refractivity contribution is 0.0241. The molecule has 0 aliphatic carbocycles. The van der Waals surface area contributed by atoms with Gasteiger partial charge >= 0.3 is 6.09 Å². The van der Waals surface area contributed by atoms with E-state index in [1.165, 1.54) is 6.20 Å². The highest BCUT2D eigenvalue weighted by molar-refractivity contribution is 7.15. The van der Waals surface area contributed by atoms with E-state index in [4.69, 9.17) is 21.3 Å². The molecule has 0 fully saturated rings. The SMILES string of the molecule is Cc1c(-c2nc3c(s2)CN(C(=O)OC(C)(C)C)C3)cccc1-c1cccc(Nc2nccc3cc(C=O)cnc23)c1Cl. The number of nitrogens with one attached hydrogen (secondary N) is 1. The maximum absolute atomic E-state index is 12.5. The topological polar surface area (TPSA) is 97.3 Å². The second-order valence-corrected chi connectivity index (χ2v) is 12.6. The van der Waals surface area contributed by atoms with Crippen LogP contribution in [-0.2, 0) is 17.8 Å². The number of aldehydes is 1. The number of halogens is 1. The number of anilines is 2. The van der Waals surface area contributed by atoms with Gasteiger partial charge in [0.1, 0.15) is 16.1 Å². The molecule has 0 bridgehead atoms. The molecule has 0 saturated heterocycles. The van der Waals surface area contributed by atoms with Gasteiger partial charge in [0.2, 0.25) is 0 Å². The summed E-state index contributed by atoms with van der Waals surface area (Å²) >= 11 is 8.60. The summed E-state index contributed by atoms with van der Waals surface area (Å²) in [4.78, 5) is 40.3. The lowest BCUT2D eigenvalue weighted by atomic mass is 9.96. The number of pyridine rings is 2. The number of nitrogens with zero attached hydrogens (tertiary/aromatic N) is 4. The van der Waals surface area contributed by atoms with Gasteiger partial charge in [0.25, 0.3) is 0 Å². The lowest BCUT2D eigenvalue weighted by Gasteiger charge is -2.24. The molecule has 1 aliphatic rings. The molecule has 1 aliphatic heterocycles. The van der Waals surface area contributed by atoms with Crippen molar-refractivity contribution in [2.24, 2.45) is 0 Å². The number of thiazole rings is 1. The second kappa shape index (κ2) is 10.8. The number of benzene rings is 2. The predicted molar refractivity (Wildman–Crippen MR) is 166 cm³/mol. The zero-order valence-electron chi connectivity index (χ0n) is 23.6. The van der Waals surface area contributed by atoms with Crippen molar-refractivity contribution in [3.63, 3.8) is 0 Å². The van der Waals surface area contributed by atoms with Gasteiger partial charge in [-0.1, -0.05) is 41.9 Å². The predicted octanol–water partition coefficient (Wildman–Crippen LogP) is 8.19. The molecule has 8 nitrogen and oxygen atoms in total. The molecule has 3 aromatic heterocycles. The van der Waals surface area contributed by atoms with E-state index in [1.807, 2.05) is 57.2 Å². The van der Waals surface area contributed by atoms with Crippen LogP contribution in [0.15, 0.2) is 60.9 Å². The second-order valence-electron chi connectivity index (χ2n) is 11.1. The highest BCUT2D eigenvalue weighted by Crippen LogP contribution is 2.41. The number of hydrogen-bond acceptors (Lipinski definition) is 8. The zero-order chi connectivity index (χ0) is 29.6. The molecule has 212 valence electrons. The van der Waals surface area contributed by atoms with Crippen LogP contribution in [-0.4, -0.2) is 37.8 Å². The summed E-state index contributed by atoms with van der Waals surface area (Å²) in [7, 11) is 0. The van der Waals surface area contributed by atoms with Crippen molar-refractivity contribution in [3.8, 4) is 21.7 Å². The van der Waals surface area contributed by atoms with Crippen LogP contribution in [0, 0.1) is 6.92 Å². The third kappa shape index (κ3) is 5.33. The first-order valence-electron chi connectivity index (χ1n) is 13.4. The zero-order valence-corrected chi connectivity index (χ0v) is 25.1. The molecule has 0 saturated carbocycles. The Kier molecular flexibility index (Phi) is 7.16. The molecule has 1 N–H and O–H groups in total. The van der Waals surface area contributed by atoms with Gasteiger partial charge in [-0.25, -0.2) is 14.8 Å². The number of fused-ring (bicyclic) bond motifs is 2. The van der Waals surface area contributed by atoms with Gasteiger partial charge in [0, 0.05) is 39.3 Å². The lowest BCUT2D eigenvalue weighted by Crippen LogP contribution is -2.33. The van der Waals surface area contributed by atoms with Crippen LogP contribution in [0.4, 0.5) is 16.3 Å². The Bertz CT molecular complexity index is 1840. The minimum absolute atomic E-state index is 0.323. The van der Waals surface area contributed by atoms with Gasteiger partial charge in [-0.15, -0.1) is 11.3 Å². The monoisotopic (exact) mass is 597 g/mol. The Morgan fingerprint density at radius 3 is 2.60 bits per heavy atom. The molecule has 1 amide bonds. The van der Waals surface area contributed by atoms with Crippen molar-refractivity contribution in [2.45, 2.75) is 46.4 Å². The molecule has 4 heterocycles. The summed E-state index contributed by atoms with van der Waals surface area (Å²) in [6.07, 6.45) is 3.65. The number of amides is 1. The smallest absolute Gasteiger partial charge is 0.410 e. The van der Waals surface area contributed by atoms with Crippen molar-refractivity contribution >= 4 is 57.7 Å². The molecule has 0 unspecified atom stereocenters. The summed E-state index contributed by atoms with van der Waals surface area (Å²) in [5.41, 5.74) is 6.15. The fraction of sp³-hybridized carbons (Fsp3) is 0.219. The first-order valence-corrected chi connectivity index (χ1v) is 14.6. The molecule has 0 radical (unpaired) electrons. The maximum Gasteiger partial charge on any atom is 0.410 e. The van der Waals surface area contributed by atoms with E-state index in [9.17, 15) is 9.59 Å². The van der Waals surface area contributed by atoms with Gasteiger partial charge in [-0.2, -0.15) is 0 Å². The molecule has 0 spiro atoms. The van der Waals surface area contributed by atoms with Crippen LogP contribution in [0.1, 0.15) is 47.3 Å². The van der Waals surface area contributed by atoms with Crippen molar-refractivity contribution in [1.29, 1.82) is 0 Å². The standard InChI is InChI=1S/C32H28ClN5O3S/c1-18-21(7-5-8-22(18)30-37-25-15-38(16-26(25)42-30)31(40)41-32(2,3)4)23-9-6-10-24(27(23)33)36-29-28-20(11-12-34-29)13-19(17-39)14-35-28/h5-14,17H,15-16H2,1-4H3,(H,34,36). The quantitative estimate of drug-likeness (QED) is 0.204. The molecular weight excluding hydrogens is 570 g/mol. The minimum Gasteiger partial charge on any atom is -0.444 e. The largest absolute Gasteiger partial charge is 0.444 e. The average Bonchev–Trinajstić information content (AvgIpc) is 3.53. The van der Waals surface area contributed by atoms with Crippen LogP contribution >= 0.6 is 22.9 Å². The number of carbonyl (C=O) groups excluding carboxylic acids is 2. The van der Waals surface area contributed by atoms with Crippen LogP contribution in [0.25, 0.3) is 32.6 Å². The summed E-state index contributed by atoms with van der Waals surface area (Å²) in [5.74, 6) is 0.548. The van der Waals surface area contributed by atoms with E-state index in [0.717, 1.165) is 49.5 Å². The summed E-state index contributed by atoms with van der Waals surface area (Å²) in [6.45, 7) is 8.60. The molecule has 42 heavy (non-hydrogen) atoms. The molecule has 10 heteroatoms. The van der Waals surface area contributed by atoms with Crippen LogP contribution in [0.5, 0.6) is 0 Å². The minimum atomic E-state index is -0.541. The Balaban J connectivity index is 1.28. The molecule has 5 aromatic rings. The summed E-state index contributed by atoms with van der Waals surface area (Å²) in [5, 5.41) is 5.60. The van der Waals surface area contributed by atoms with Crippen molar-refractivity contribution in [3.05, 3.63) is 87.6 Å². The fourth-order valence-corrected chi connectivity index (χ4v) is 6.41. The van der Waals surface area contributed by atoms with E-state index >= 15 is 0 Å².